The van der Waals surface area contributed by atoms with Crippen LogP contribution in [0.15, 0.2) is 211 Å². The summed E-state index contributed by atoms with van der Waals surface area (Å²) in [6, 6.07) is 65.1. The molecule has 9 rings (SSSR count). The molecule has 0 spiro atoms. The van der Waals surface area contributed by atoms with Crippen molar-refractivity contribution in [2.24, 2.45) is 4.99 Å². The Balaban J connectivity index is 0.984. The fraction of sp³-hybridized carbons (Fsp3) is 0.0400. The highest BCUT2D eigenvalue weighted by Crippen LogP contribution is 2.41. The van der Waals surface area contributed by atoms with Gasteiger partial charge in [0.25, 0.3) is 0 Å². The molecule has 0 radical (unpaired) electrons. The number of aliphatic imine (C=N–C) groups is 1. The van der Waals surface area contributed by atoms with Gasteiger partial charge in [-0.1, -0.05) is 109 Å². The minimum absolute atomic E-state index is 0.793. The molecule has 0 bridgehead atoms. The number of dihydropyridines is 1. The third-order valence-corrected chi connectivity index (χ3v) is 11.1. The predicted molar refractivity (Wildman–Crippen MR) is 233 cm³/mol. The van der Waals surface area contributed by atoms with E-state index in [2.05, 4.69) is 208 Å². The molecule has 0 atom stereocenters. The van der Waals surface area contributed by atoms with Crippen LogP contribution in [0.5, 0.6) is 0 Å². The molecule has 1 aliphatic heterocycles. The van der Waals surface area contributed by atoms with Gasteiger partial charge in [0.1, 0.15) is 0 Å². The zero-order valence-corrected chi connectivity index (χ0v) is 31.1. The Morgan fingerprint density at radius 2 is 0.891 bits per heavy atom. The predicted octanol–water partition coefficient (Wildman–Crippen LogP) is 13.8. The van der Waals surface area contributed by atoms with Crippen molar-refractivity contribution in [3.63, 3.8) is 0 Å². The van der Waals surface area contributed by atoms with Gasteiger partial charge in [0, 0.05) is 75.5 Å². The standard InChI is InChI=1S/C50H38N4S/c1-3-9-37(10-4-1)41-13-7-15-47(35-41)53(45-27-31-51-32-28-45)43-21-17-39(18-22-43)49-25-26-50(55-49)40-19-23-44(24-20-40)54(46-29-33-52-34-30-46)48-16-8-14-42(36-48)38-11-5-2-6-12-38/h1-29,31-33,35-36H,30,34H2. The number of hydrogen-bond donors (Lipinski definition) is 0. The van der Waals surface area contributed by atoms with E-state index in [0.717, 1.165) is 41.4 Å². The van der Waals surface area contributed by atoms with Gasteiger partial charge in [-0.25, -0.2) is 0 Å². The summed E-state index contributed by atoms with van der Waals surface area (Å²) in [4.78, 5) is 15.9. The monoisotopic (exact) mass is 726 g/mol. The summed E-state index contributed by atoms with van der Waals surface area (Å²) in [6.07, 6.45) is 8.66. The van der Waals surface area contributed by atoms with Crippen LogP contribution in [0.3, 0.4) is 0 Å². The molecule has 8 aromatic rings. The Hall–Kier alpha value is -6.82. The van der Waals surface area contributed by atoms with Gasteiger partial charge in [-0.3, -0.25) is 9.98 Å². The molecule has 264 valence electrons. The fourth-order valence-corrected chi connectivity index (χ4v) is 8.21. The third kappa shape index (κ3) is 7.39. The SMILES string of the molecule is C1=NCCC(N(c2ccc(-c3ccc(-c4ccc(N(c5ccncc5)c5cccc(-c6ccccc6)c5)cc4)s3)cc2)c2cccc(-c3ccccc3)c2)=C1. The van der Waals surface area contributed by atoms with Crippen molar-refractivity contribution in [3.05, 3.63) is 206 Å². The molecule has 0 fully saturated rings. The Morgan fingerprint density at radius 3 is 1.42 bits per heavy atom. The van der Waals surface area contributed by atoms with Crippen molar-refractivity contribution >= 4 is 46.0 Å². The molecule has 55 heavy (non-hydrogen) atoms. The van der Waals surface area contributed by atoms with E-state index in [1.54, 1.807) is 0 Å². The first-order chi connectivity index (χ1) is 27.3. The lowest BCUT2D eigenvalue weighted by atomic mass is 10.0. The molecule has 0 N–H and O–H groups in total. The molecule has 5 heteroatoms. The molecule has 0 saturated carbocycles. The maximum atomic E-state index is 4.47. The Kier molecular flexibility index (Phi) is 9.67. The number of aromatic nitrogens is 1. The van der Waals surface area contributed by atoms with Crippen LogP contribution in [0.4, 0.5) is 28.4 Å². The molecule has 4 nitrogen and oxygen atoms in total. The van der Waals surface area contributed by atoms with E-state index >= 15 is 0 Å². The maximum absolute atomic E-state index is 4.47. The minimum atomic E-state index is 0.793. The molecule has 0 aliphatic carbocycles. The first-order valence-corrected chi connectivity index (χ1v) is 19.4. The highest BCUT2D eigenvalue weighted by molar-refractivity contribution is 7.18. The molecular weight excluding hydrogens is 689 g/mol. The quantitative estimate of drug-likeness (QED) is 0.141. The number of benzene rings is 6. The molecule has 3 heterocycles. The van der Waals surface area contributed by atoms with Gasteiger partial charge in [-0.15, -0.1) is 11.3 Å². The largest absolute Gasteiger partial charge is 0.314 e. The third-order valence-electron chi connectivity index (χ3n) is 9.93. The zero-order valence-electron chi connectivity index (χ0n) is 30.2. The first-order valence-electron chi connectivity index (χ1n) is 18.6. The second-order valence-electron chi connectivity index (χ2n) is 13.4. The minimum Gasteiger partial charge on any atom is -0.314 e. The lowest BCUT2D eigenvalue weighted by Gasteiger charge is -2.29. The van der Waals surface area contributed by atoms with Gasteiger partial charge in [-0.05, 0) is 112 Å². The van der Waals surface area contributed by atoms with Gasteiger partial charge in [0.15, 0.2) is 0 Å². The van der Waals surface area contributed by atoms with Gasteiger partial charge in [-0.2, -0.15) is 0 Å². The van der Waals surface area contributed by atoms with Crippen LogP contribution in [0, 0.1) is 0 Å². The molecule has 0 amide bonds. The summed E-state index contributed by atoms with van der Waals surface area (Å²) in [5.41, 5.74) is 13.9. The fourth-order valence-electron chi connectivity index (χ4n) is 7.19. The second-order valence-corrected chi connectivity index (χ2v) is 14.5. The number of thiophene rings is 1. The average Bonchev–Trinajstić information content (AvgIpc) is 3.77. The van der Waals surface area contributed by atoms with Crippen LogP contribution in [0.1, 0.15) is 6.42 Å². The maximum Gasteiger partial charge on any atom is 0.0492 e. The Morgan fingerprint density at radius 1 is 0.400 bits per heavy atom. The van der Waals surface area contributed by atoms with Gasteiger partial charge in [0.05, 0.1) is 0 Å². The molecule has 2 aromatic heterocycles. The molecule has 0 saturated heterocycles. The Bertz CT molecular complexity index is 2580. The summed E-state index contributed by atoms with van der Waals surface area (Å²) in [5.74, 6) is 0. The summed E-state index contributed by atoms with van der Waals surface area (Å²) >= 11 is 1.82. The van der Waals surface area contributed by atoms with Gasteiger partial charge in [0.2, 0.25) is 0 Å². The highest BCUT2D eigenvalue weighted by atomic mass is 32.1. The van der Waals surface area contributed by atoms with E-state index in [-0.39, 0.29) is 0 Å². The van der Waals surface area contributed by atoms with Gasteiger partial charge >= 0.3 is 0 Å². The van der Waals surface area contributed by atoms with Crippen LogP contribution in [-0.2, 0) is 0 Å². The van der Waals surface area contributed by atoms with Gasteiger partial charge < -0.3 is 9.80 Å². The van der Waals surface area contributed by atoms with Crippen molar-refractivity contribution in [3.8, 4) is 43.1 Å². The topological polar surface area (TPSA) is 31.7 Å². The number of rotatable bonds is 10. The molecule has 1 aliphatic rings. The normalized spacial score (nSPS) is 12.3. The van der Waals surface area contributed by atoms with Crippen molar-refractivity contribution < 1.29 is 0 Å². The molecule has 0 unspecified atom stereocenters. The number of anilines is 5. The lowest BCUT2D eigenvalue weighted by molar-refractivity contribution is 0.906. The van der Waals surface area contributed by atoms with E-state index in [9.17, 15) is 0 Å². The van der Waals surface area contributed by atoms with Crippen molar-refractivity contribution in [1.29, 1.82) is 0 Å². The second kappa shape index (κ2) is 15.7. The van der Waals surface area contributed by atoms with Crippen LogP contribution in [0.2, 0.25) is 0 Å². The lowest BCUT2D eigenvalue weighted by Crippen LogP contribution is -2.19. The smallest absolute Gasteiger partial charge is 0.0492 e. The van der Waals surface area contributed by atoms with E-state index in [1.807, 2.05) is 29.9 Å². The summed E-state index contributed by atoms with van der Waals surface area (Å²) < 4.78 is 0. The molecular formula is C50H38N4S. The Labute approximate surface area is 326 Å². The zero-order chi connectivity index (χ0) is 36.8. The number of nitrogens with zero attached hydrogens (tertiary/aromatic N) is 4. The van der Waals surface area contributed by atoms with Crippen LogP contribution in [-0.4, -0.2) is 17.7 Å². The summed E-state index contributed by atoms with van der Waals surface area (Å²) in [7, 11) is 0. The average molecular weight is 727 g/mol. The van der Waals surface area contributed by atoms with Crippen LogP contribution in [0.25, 0.3) is 43.1 Å². The van der Waals surface area contributed by atoms with E-state index < -0.39 is 0 Å². The van der Waals surface area contributed by atoms with Crippen molar-refractivity contribution in [2.45, 2.75) is 6.42 Å². The number of allylic oxidation sites excluding steroid dienone is 1. The summed E-state index contributed by atoms with van der Waals surface area (Å²) in [5, 5.41) is 0. The molecule has 6 aromatic carbocycles. The van der Waals surface area contributed by atoms with E-state index in [4.69, 9.17) is 0 Å². The number of pyridine rings is 1. The summed E-state index contributed by atoms with van der Waals surface area (Å²) in [6.45, 7) is 0.793. The van der Waals surface area contributed by atoms with Crippen molar-refractivity contribution in [1.82, 2.24) is 4.98 Å². The van der Waals surface area contributed by atoms with Crippen molar-refractivity contribution in [2.75, 3.05) is 16.3 Å². The van der Waals surface area contributed by atoms with Crippen LogP contribution < -0.4 is 9.80 Å². The highest BCUT2D eigenvalue weighted by Gasteiger charge is 2.18. The van der Waals surface area contributed by atoms with E-state index in [1.165, 1.54) is 48.8 Å². The number of hydrogen-bond acceptors (Lipinski definition) is 5. The van der Waals surface area contributed by atoms with E-state index in [0.29, 0.717) is 0 Å². The van der Waals surface area contributed by atoms with Crippen LogP contribution >= 0.6 is 11.3 Å². The first kappa shape index (κ1) is 34.0.